The zero-order valence-electron chi connectivity index (χ0n) is 19.3. The van der Waals surface area contributed by atoms with Crippen molar-refractivity contribution in [3.63, 3.8) is 0 Å². The molecule has 2 aliphatic heterocycles. The maximum Gasteiger partial charge on any atom is 0.261 e. The number of hydrogen-bond acceptors (Lipinski definition) is 4. The first-order valence-electron chi connectivity index (χ1n) is 11.9. The normalized spacial score (nSPS) is 30.8. The van der Waals surface area contributed by atoms with Crippen molar-refractivity contribution < 1.29 is 14.3 Å². The van der Waals surface area contributed by atoms with Crippen LogP contribution in [0, 0.1) is 12.3 Å². The SMILES string of the molecule is COc1cc(C)ccc1OCC(=O)N1[C@@H](Cc2ccccc2)[C@@H]2C[C@@]3(C)[C@H](CCC[C@@H]13)N2. The Kier molecular flexibility index (Phi) is 5.62. The molecule has 3 aliphatic rings. The van der Waals surface area contributed by atoms with E-state index >= 15 is 0 Å². The largest absolute Gasteiger partial charge is 0.493 e. The van der Waals surface area contributed by atoms with Gasteiger partial charge in [0.15, 0.2) is 18.1 Å². The standard InChI is InChI=1S/C27H34N2O3/c1-18-12-13-22(23(14-18)31-3)32-17-26(30)29-21(15-19-8-5-4-6-9-19)20-16-27(2)24(28-20)10-7-11-25(27)29/h4-6,8-9,12-14,20-21,24-25,28H,7,10-11,15-17H2,1-3H3/t20-,21-,24-,25+,27-/m0/s1. The van der Waals surface area contributed by atoms with Gasteiger partial charge in [0.1, 0.15) is 0 Å². The molecule has 0 radical (unpaired) electrons. The van der Waals surface area contributed by atoms with Crippen LogP contribution in [0.1, 0.15) is 43.7 Å². The second-order valence-corrected chi connectivity index (χ2v) is 9.98. The maximum absolute atomic E-state index is 13.7. The molecule has 1 N–H and O–H groups in total. The van der Waals surface area contributed by atoms with E-state index in [1.165, 1.54) is 18.4 Å². The number of amides is 1. The fraction of sp³-hybridized carbons (Fsp3) is 0.519. The fourth-order valence-corrected chi connectivity index (χ4v) is 6.44. The van der Waals surface area contributed by atoms with Gasteiger partial charge in [0.05, 0.1) is 13.2 Å². The Balaban J connectivity index is 1.41. The minimum atomic E-state index is 0.0364. The second kappa shape index (κ2) is 8.43. The Bertz CT molecular complexity index is 978. The molecule has 0 unspecified atom stereocenters. The van der Waals surface area contributed by atoms with E-state index in [9.17, 15) is 4.79 Å². The maximum atomic E-state index is 13.7. The average Bonchev–Trinajstić information content (AvgIpc) is 3.15. The van der Waals surface area contributed by atoms with Crippen molar-refractivity contribution in [2.24, 2.45) is 5.41 Å². The summed E-state index contributed by atoms with van der Waals surface area (Å²) >= 11 is 0. The highest BCUT2D eigenvalue weighted by atomic mass is 16.5. The predicted octanol–water partition coefficient (Wildman–Crippen LogP) is 4.13. The zero-order valence-corrected chi connectivity index (χ0v) is 19.3. The van der Waals surface area contributed by atoms with Crippen LogP contribution in [-0.2, 0) is 11.2 Å². The molecule has 5 nitrogen and oxygen atoms in total. The molecule has 5 atom stereocenters. The van der Waals surface area contributed by atoms with E-state index in [-0.39, 0.29) is 30.0 Å². The first-order valence-corrected chi connectivity index (χ1v) is 11.9. The number of nitrogens with one attached hydrogen (secondary N) is 1. The quantitative estimate of drug-likeness (QED) is 0.743. The summed E-state index contributed by atoms with van der Waals surface area (Å²) in [7, 11) is 1.64. The summed E-state index contributed by atoms with van der Waals surface area (Å²) in [5.74, 6) is 1.37. The molecule has 5 rings (SSSR count). The monoisotopic (exact) mass is 434 g/mol. The van der Waals surface area contributed by atoms with Crippen LogP contribution >= 0.6 is 0 Å². The van der Waals surface area contributed by atoms with Gasteiger partial charge in [-0.25, -0.2) is 0 Å². The highest BCUT2D eigenvalue weighted by Crippen LogP contribution is 2.52. The van der Waals surface area contributed by atoms with E-state index in [4.69, 9.17) is 9.47 Å². The molecule has 1 amide bonds. The molecule has 170 valence electrons. The van der Waals surface area contributed by atoms with Gasteiger partial charge in [0.2, 0.25) is 0 Å². The number of hydrogen-bond donors (Lipinski definition) is 1. The van der Waals surface area contributed by atoms with Crippen LogP contribution < -0.4 is 14.8 Å². The summed E-state index contributed by atoms with van der Waals surface area (Å²) in [4.78, 5) is 15.9. The molecule has 2 bridgehead atoms. The van der Waals surface area contributed by atoms with Crippen LogP contribution in [0.3, 0.4) is 0 Å². The van der Waals surface area contributed by atoms with Gasteiger partial charge in [0, 0.05) is 23.5 Å². The molecule has 0 spiro atoms. The lowest BCUT2D eigenvalue weighted by atomic mass is 9.64. The van der Waals surface area contributed by atoms with Crippen molar-refractivity contribution in [3.8, 4) is 11.5 Å². The third-order valence-electron chi connectivity index (χ3n) is 8.01. The van der Waals surface area contributed by atoms with Crippen LogP contribution in [0.2, 0.25) is 0 Å². The van der Waals surface area contributed by atoms with Gasteiger partial charge in [-0.05, 0) is 62.3 Å². The Labute approximate surface area is 191 Å². The van der Waals surface area contributed by atoms with Crippen LogP contribution in [-0.4, -0.2) is 48.7 Å². The number of methoxy groups -OCH3 is 1. The number of benzene rings is 2. The summed E-state index contributed by atoms with van der Waals surface area (Å²) in [5, 5.41) is 3.92. The molecule has 2 heterocycles. The highest BCUT2D eigenvalue weighted by Gasteiger charge is 2.60. The molecule has 5 heteroatoms. The molecule has 1 aliphatic carbocycles. The fourth-order valence-electron chi connectivity index (χ4n) is 6.44. The number of ether oxygens (including phenoxy) is 2. The zero-order chi connectivity index (χ0) is 22.3. The lowest BCUT2D eigenvalue weighted by Gasteiger charge is -2.53. The van der Waals surface area contributed by atoms with Crippen molar-refractivity contribution in [2.75, 3.05) is 13.7 Å². The third kappa shape index (κ3) is 3.66. The highest BCUT2D eigenvalue weighted by molar-refractivity contribution is 5.79. The summed E-state index contributed by atoms with van der Waals surface area (Å²) < 4.78 is 11.5. The van der Waals surface area contributed by atoms with Crippen molar-refractivity contribution in [2.45, 2.75) is 70.1 Å². The van der Waals surface area contributed by atoms with E-state index in [1.807, 2.05) is 31.2 Å². The molecular weight excluding hydrogens is 400 g/mol. The minimum absolute atomic E-state index is 0.0364. The van der Waals surface area contributed by atoms with Gasteiger partial charge in [-0.3, -0.25) is 4.79 Å². The lowest BCUT2D eigenvalue weighted by Crippen LogP contribution is -2.63. The van der Waals surface area contributed by atoms with Gasteiger partial charge in [-0.15, -0.1) is 0 Å². The van der Waals surface area contributed by atoms with Gasteiger partial charge < -0.3 is 19.7 Å². The number of fused-ring (bicyclic) bond motifs is 1. The van der Waals surface area contributed by atoms with Gasteiger partial charge >= 0.3 is 0 Å². The first-order chi connectivity index (χ1) is 15.5. The first kappa shape index (κ1) is 21.3. The molecule has 32 heavy (non-hydrogen) atoms. The van der Waals surface area contributed by atoms with Gasteiger partial charge in [-0.2, -0.15) is 0 Å². The van der Waals surface area contributed by atoms with Gasteiger partial charge in [0.25, 0.3) is 5.91 Å². The Morgan fingerprint density at radius 2 is 1.97 bits per heavy atom. The number of rotatable bonds is 6. The van der Waals surface area contributed by atoms with E-state index in [2.05, 4.69) is 41.4 Å². The number of aryl methyl sites for hydroxylation is 1. The number of nitrogens with zero attached hydrogens (tertiary/aromatic N) is 1. The Morgan fingerprint density at radius 3 is 2.75 bits per heavy atom. The Hall–Kier alpha value is -2.53. The summed E-state index contributed by atoms with van der Waals surface area (Å²) in [6.07, 6.45) is 5.47. The van der Waals surface area contributed by atoms with Crippen molar-refractivity contribution in [1.29, 1.82) is 0 Å². The molecule has 2 saturated heterocycles. The van der Waals surface area contributed by atoms with Crippen LogP contribution in [0.25, 0.3) is 0 Å². The third-order valence-corrected chi connectivity index (χ3v) is 8.01. The molecule has 3 fully saturated rings. The molecule has 2 aromatic rings. The van der Waals surface area contributed by atoms with Crippen LogP contribution in [0.5, 0.6) is 11.5 Å². The van der Waals surface area contributed by atoms with Gasteiger partial charge in [-0.1, -0.05) is 43.3 Å². The van der Waals surface area contributed by atoms with Crippen molar-refractivity contribution in [3.05, 3.63) is 59.7 Å². The average molecular weight is 435 g/mol. The lowest BCUT2D eigenvalue weighted by molar-refractivity contribution is -0.146. The number of carbonyl (C=O) groups is 1. The van der Waals surface area contributed by atoms with Crippen LogP contribution in [0.15, 0.2) is 48.5 Å². The van der Waals surface area contributed by atoms with E-state index < -0.39 is 0 Å². The Morgan fingerprint density at radius 1 is 1.16 bits per heavy atom. The number of piperidine rings is 1. The number of likely N-dealkylation sites (tertiary alicyclic amines) is 1. The van der Waals surface area contributed by atoms with Crippen LogP contribution in [0.4, 0.5) is 0 Å². The molecule has 1 saturated carbocycles. The predicted molar refractivity (Wildman–Crippen MR) is 125 cm³/mol. The summed E-state index contributed by atoms with van der Waals surface area (Å²) in [6.45, 7) is 4.44. The van der Waals surface area contributed by atoms with Crippen molar-refractivity contribution in [1.82, 2.24) is 10.2 Å². The van der Waals surface area contributed by atoms with E-state index in [0.29, 0.717) is 23.6 Å². The smallest absolute Gasteiger partial charge is 0.261 e. The molecule has 0 aromatic heterocycles. The molecular formula is C27H34N2O3. The van der Waals surface area contributed by atoms with E-state index in [1.54, 1.807) is 7.11 Å². The summed E-state index contributed by atoms with van der Waals surface area (Å²) in [6, 6.07) is 17.6. The van der Waals surface area contributed by atoms with E-state index in [0.717, 1.165) is 24.8 Å². The molecule has 2 aromatic carbocycles. The topological polar surface area (TPSA) is 50.8 Å². The minimum Gasteiger partial charge on any atom is -0.493 e. The summed E-state index contributed by atoms with van der Waals surface area (Å²) in [5.41, 5.74) is 2.53. The second-order valence-electron chi connectivity index (χ2n) is 9.98. The van der Waals surface area contributed by atoms with Crippen molar-refractivity contribution >= 4 is 5.91 Å². The number of carbonyl (C=O) groups excluding carboxylic acids is 1.